The van der Waals surface area contributed by atoms with Crippen LogP contribution in [0.4, 0.5) is 0 Å². The summed E-state index contributed by atoms with van der Waals surface area (Å²) in [6, 6.07) is 0.134. The van der Waals surface area contributed by atoms with Gasteiger partial charge in [0.2, 0.25) is 11.8 Å². The fraction of sp³-hybridized carbons (Fsp3) is 0.778. The molecule has 1 fully saturated rings. The van der Waals surface area contributed by atoms with E-state index in [1.807, 2.05) is 13.8 Å². The second-order valence-electron chi connectivity index (χ2n) is 3.70. The van der Waals surface area contributed by atoms with Crippen LogP contribution in [0.15, 0.2) is 0 Å². The molecular formula is C9H16N2O2. The van der Waals surface area contributed by atoms with Gasteiger partial charge in [0.25, 0.3) is 0 Å². The summed E-state index contributed by atoms with van der Waals surface area (Å²) in [5.74, 6) is 0.141. The van der Waals surface area contributed by atoms with Crippen molar-refractivity contribution in [3.05, 3.63) is 0 Å². The van der Waals surface area contributed by atoms with Gasteiger partial charge >= 0.3 is 0 Å². The first kappa shape index (κ1) is 10.0. The smallest absolute Gasteiger partial charge is 0.222 e. The van der Waals surface area contributed by atoms with Crippen molar-refractivity contribution in [3.63, 3.8) is 0 Å². The normalized spacial score (nSPS) is 21.8. The highest BCUT2D eigenvalue weighted by Crippen LogP contribution is 2.05. The minimum absolute atomic E-state index is 0.0112. The molecule has 0 aliphatic carbocycles. The van der Waals surface area contributed by atoms with E-state index < -0.39 is 0 Å². The highest BCUT2D eigenvalue weighted by Gasteiger charge is 2.21. The van der Waals surface area contributed by atoms with E-state index in [1.54, 1.807) is 0 Å². The Morgan fingerprint density at radius 1 is 1.69 bits per heavy atom. The highest BCUT2D eigenvalue weighted by atomic mass is 16.2. The molecule has 0 radical (unpaired) electrons. The number of hydrogen-bond acceptors (Lipinski definition) is 2. The molecule has 1 atom stereocenters. The third-order valence-corrected chi connectivity index (χ3v) is 2.13. The second kappa shape index (κ2) is 4.25. The summed E-state index contributed by atoms with van der Waals surface area (Å²) >= 11 is 0. The van der Waals surface area contributed by atoms with Crippen molar-refractivity contribution >= 4 is 11.8 Å². The summed E-state index contributed by atoms with van der Waals surface area (Å²) in [6.07, 6.45) is 1.42. The van der Waals surface area contributed by atoms with Gasteiger partial charge < -0.3 is 10.6 Å². The van der Waals surface area contributed by atoms with Crippen LogP contribution in [-0.4, -0.2) is 24.4 Å². The number of carbonyl (C=O) groups is 2. The van der Waals surface area contributed by atoms with Crippen molar-refractivity contribution in [1.29, 1.82) is 0 Å². The van der Waals surface area contributed by atoms with Gasteiger partial charge in [-0.15, -0.1) is 0 Å². The standard InChI is InChI=1S/C9H16N2O2/c1-6(2)9(13)10-5-7-3-4-8(12)11-7/h6-7H,3-5H2,1-2H3,(H,10,13)(H,11,12). The molecule has 2 N–H and O–H groups in total. The molecule has 1 rings (SSSR count). The molecule has 0 aromatic rings. The average Bonchev–Trinajstić information content (AvgIpc) is 2.47. The Kier molecular flexibility index (Phi) is 3.28. The maximum atomic E-state index is 11.2. The minimum Gasteiger partial charge on any atom is -0.354 e. The molecule has 1 aliphatic heterocycles. The lowest BCUT2D eigenvalue weighted by Gasteiger charge is -2.12. The molecule has 4 nitrogen and oxygen atoms in total. The first-order chi connectivity index (χ1) is 6.09. The van der Waals surface area contributed by atoms with Gasteiger partial charge in [0.15, 0.2) is 0 Å². The highest BCUT2D eigenvalue weighted by molar-refractivity contribution is 5.79. The summed E-state index contributed by atoms with van der Waals surface area (Å²) in [5.41, 5.74) is 0. The van der Waals surface area contributed by atoms with Gasteiger partial charge in [-0.05, 0) is 6.42 Å². The number of rotatable bonds is 3. The predicted octanol–water partition coefficient (Wildman–Crippen LogP) is 0.0372. The lowest BCUT2D eigenvalue weighted by molar-refractivity contribution is -0.124. The zero-order chi connectivity index (χ0) is 9.84. The second-order valence-corrected chi connectivity index (χ2v) is 3.70. The van der Waals surface area contributed by atoms with Crippen molar-refractivity contribution in [2.45, 2.75) is 32.7 Å². The lowest BCUT2D eigenvalue weighted by atomic mass is 10.2. The van der Waals surface area contributed by atoms with Crippen LogP contribution in [0.25, 0.3) is 0 Å². The van der Waals surface area contributed by atoms with Crippen LogP contribution in [0, 0.1) is 5.92 Å². The van der Waals surface area contributed by atoms with E-state index in [1.165, 1.54) is 0 Å². The molecule has 1 heterocycles. The molecule has 1 saturated heterocycles. The van der Waals surface area contributed by atoms with Gasteiger partial charge in [0, 0.05) is 24.9 Å². The summed E-state index contributed by atoms with van der Waals surface area (Å²) < 4.78 is 0. The Labute approximate surface area is 78.1 Å². The van der Waals surface area contributed by atoms with Crippen molar-refractivity contribution in [1.82, 2.24) is 10.6 Å². The number of nitrogens with one attached hydrogen (secondary N) is 2. The zero-order valence-electron chi connectivity index (χ0n) is 8.09. The fourth-order valence-electron chi connectivity index (χ4n) is 1.26. The Hall–Kier alpha value is -1.06. The van der Waals surface area contributed by atoms with Crippen LogP contribution in [0.2, 0.25) is 0 Å². The first-order valence-electron chi connectivity index (χ1n) is 4.66. The summed E-state index contributed by atoms with van der Waals surface area (Å²) in [6.45, 7) is 4.26. The minimum atomic E-state index is 0.0112. The molecule has 13 heavy (non-hydrogen) atoms. The SMILES string of the molecule is CC(C)C(=O)NCC1CCC(=O)N1. The Bertz CT molecular complexity index is 214. The summed E-state index contributed by atoms with van der Waals surface area (Å²) in [4.78, 5) is 22.0. The molecule has 74 valence electrons. The molecule has 1 unspecified atom stereocenters. The molecule has 0 bridgehead atoms. The van der Waals surface area contributed by atoms with E-state index in [2.05, 4.69) is 10.6 Å². The predicted molar refractivity (Wildman–Crippen MR) is 49.0 cm³/mol. The van der Waals surface area contributed by atoms with Gasteiger partial charge in [-0.2, -0.15) is 0 Å². The Morgan fingerprint density at radius 2 is 2.38 bits per heavy atom. The summed E-state index contributed by atoms with van der Waals surface area (Å²) in [7, 11) is 0. The lowest BCUT2D eigenvalue weighted by Crippen LogP contribution is -2.39. The van der Waals surface area contributed by atoms with Gasteiger partial charge in [0.1, 0.15) is 0 Å². The van der Waals surface area contributed by atoms with Gasteiger partial charge in [-0.25, -0.2) is 0 Å². The molecule has 1 aliphatic rings. The van der Waals surface area contributed by atoms with E-state index in [0.29, 0.717) is 13.0 Å². The monoisotopic (exact) mass is 184 g/mol. The van der Waals surface area contributed by atoms with E-state index in [0.717, 1.165) is 6.42 Å². The van der Waals surface area contributed by atoms with Crippen LogP contribution in [0.5, 0.6) is 0 Å². The van der Waals surface area contributed by atoms with Crippen molar-refractivity contribution < 1.29 is 9.59 Å². The van der Waals surface area contributed by atoms with Crippen molar-refractivity contribution in [3.8, 4) is 0 Å². The number of carbonyl (C=O) groups excluding carboxylic acids is 2. The van der Waals surface area contributed by atoms with Crippen molar-refractivity contribution in [2.24, 2.45) is 5.92 Å². The topological polar surface area (TPSA) is 58.2 Å². The van der Waals surface area contributed by atoms with E-state index in [-0.39, 0.29) is 23.8 Å². The number of hydrogen-bond donors (Lipinski definition) is 2. The van der Waals surface area contributed by atoms with E-state index in [9.17, 15) is 9.59 Å². The van der Waals surface area contributed by atoms with Crippen LogP contribution in [-0.2, 0) is 9.59 Å². The Balaban J connectivity index is 2.19. The molecule has 0 aromatic heterocycles. The maximum absolute atomic E-state index is 11.2. The molecular weight excluding hydrogens is 168 g/mol. The van der Waals surface area contributed by atoms with Crippen LogP contribution >= 0.6 is 0 Å². The first-order valence-corrected chi connectivity index (χ1v) is 4.66. The molecule has 4 heteroatoms. The summed E-state index contributed by atoms with van der Waals surface area (Å²) in [5, 5.41) is 5.59. The van der Waals surface area contributed by atoms with Crippen LogP contribution in [0.1, 0.15) is 26.7 Å². The quantitative estimate of drug-likeness (QED) is 0.650. The van der Waals surface area contributed by atoms with Gasteiger partial charge in [0.05, 0.1) is 0 Å². The van der Waals surface area contributed by atoms with Crippen molar-refractivity contribution in [2.75, 3.05) is 6.54 Å². The zero-order valence-corrected chi connectivity index (χ0v) is 8.09. The Morgan fingerprint density at radius 3 is 2.85 bits per heavy atom. The average molecular weight is 184 g/mol. The molecule has 0 saturated carbocycles. The van der Waals surface area contributed by atoms with Crippen LogP contribution in [0.3, 0.4) is 0 Å². The van der Waals surface area contributed by atoms with Gasteiger partial charge in [-0.1, -0.05) is 13.8 Å². The van der Waals surface area contributed by atoms with E-state index in [4.69, 9.17) is 0 Å². The third kappa shape index (κ3) is 3.05. The third-order valence-electron chi connectivity index (χ3n) is 2.13. The van der Waals surface area contributed by atoms with Crippen LogP contribution < -0.4 is 10.6 Å². The number of amides is 2. The van der Waals surface area contributed by atoms with Gasteiger partial charge in [-0.3, -0.25) is 9.59 Å². The molecule has 0 spiro atoms. The largest absolute Gasteiger partial charge is 0.354 e. The van der Waals surface area contributed by atoms with E-state index >= 15 is 0 Å². The fourth-order valence-corrected chi connectivity index (χ4v) is 1.26. The molecule has 0 aromatic carbocycles. The maximum Gasteiger partial charge on any atom is 0.222 e. The molecule has 2 amide bonds.